The van der Waals surface area contributed by atoms with E-state index in [0.29, 0.717) is 44.8 Å². The van der Waals surface area contributed by atoms with Gasteiger partial charge in [0.25, 0.3) is 5.91 Å². The molecule has 0 aliphatic carbocycles. The van der Waals surface area contributed by atoms with Gasteiger partial charge in [-0.15, -0.1) is 0 Å². The number of hydrogen-bond acceptors (Lipinski definition) is 11. The summed E-state index contributed by atoms with van der Waals surface area (Å²) in [6.45, 7) is 0.213. The second-order valence-electron chi connectivity index (χ2n) is 8.42. The lowest BCUT2D eigenvalue weighted by Crippen LogP contribution is -2.12. The standard InChI is InChI=1S/C26H16N8O5S/c1-38-13-21-29-18-10-15(5-6-19(18)39-21)23-30-24(32-26(35)20-7-8-22(40-20)34(36)37)17-12-28-33(25(17)31-23)16-4-2-3-14(9-16)11-27/h2-10,12H,13H2,1H3,(H,30,31,32,35). The summed E-state index contributed by atoms with van der Waals surface area (Å²) < 4.78 is 12.3. The van der Waals surface area contributed by atoms with Crippen LogP contribution in [0.4, 0.5) is 10.8 Å². The van der Waals surface area contributed by atoms with Gasteiger partial charge in [0.2, 0.25) is 5.89 Å². The van der Waals surface area contributed by atoms with E-state index in [9.17, 15) is 20.2 Å². The molecule has 0 saturated heterocycles. The quantitative estimate of drug-likeness (QED) is 0.212. The molecule has 0 saturated carbocycles. The second kappa shape index (κ2) is 9.98. The Hall–Kier alpha value is -5.52. The molecule has 6 aromatic rings. The maximum Gasteiger partial charge on any atom is 0.324 e. The van der Waals surface area contributed by atoms with Crippen molar-refractivity contribution in [2.45, 2.75) is 6.61 Å². The Morgan fingerprint density at radius 1 is 1.20 bits per heavy atom. The summed E-state index contributed by atoms with van der Waals surface area (Å²) in [6.07, 6.45) is 1.50. The van der Waals surface area contributed by atoms with Crippen molar-refractivity contribution >= 4 is 50.2 Å². The molecule has 0 radical (unpaired) electrons. The fraction of sp³-hybridized carbons (Fsp3) is 0.0769. The number of fused-ring (bicyclic) bond motifs is 2. The van der Waals surface area contributed by atoms with Gasteiger partial charge in [-0.1, -0.05) is 17.4 Å². The highest BCUT2D eigenvalue weighted by Crippen LogP contribution is 2.30. The summed E-state index contributed by atoms with van der Waals surface area (Å²) >= 11 is 0.753. The van der Waals surface area contributed by atoms with E-state index in [1.165, 1.54) is 23.0 Å². The Bertz CT molecular complexity index is 1990. The number of carbonyl (C=O) groups is 1. The summed E-state index contributed by atoms with van der Waals surface area (Å²) in [5, 5.41) is 27.9. The van der Waals surface area contributed by atoms with Gasteiger partial charge in [0.1, 0.15) is 17.9 Å². The van der Waals surface area contributed by atoms with E-state index < -0.39 is 10.8 Å². The van der Waals surface area contributed by atoms with Crippen LogP contribution in [0.5, 0.6) is 0 Å². The SMILES string of the molecule is COCc1nc2cc(-c3nc(NC(=O)c4ccc([N+](=O)[O-])s4)c4cnn(-c5cccc(C#N)c5)c4n3)ccc2o1. The first kappa shape index (κ1) is 24.8. The number of nitrogens with one attached hydrogen (secondary N) is 1. The summed E-state index contributed by atoms with van der Waals surface area (Å²) in [6, 6.07) is 16.8. The van der Waals surface area contributed by atoms with E-state index in [2.05, 4.69) is 26.5 Å². The Labute approximate surface area is 228 Å². The van der Waals surface area contributed by atoms with Gasteiger partial charge < -0.3 is 14.5 Å². The van der Waals surface area contributed by atoms with Gasteiger partial charge in [0.05, 0.1) is 38.7 Å². The molecule has 2 aromatic carbocycles. The average molecular weight is 553 g/mol. The molecule has 0 bridgehead atoms. The first-order valence-electron chi connectivity index (χ1n) is 11.6. The van der Waals surface area contributed by atoms with Crippen LogP contribution < -0.4 is 5.32 Å². The van der Waals surface area contributed by atoms with Gasteiger partial charge in [-0.25, -0.2) is 19.6 Å². The molecule has 1 amide bonds. The van der Waals surface area contributed by atoms with Crippen molar-refractivity contribution in [2.24, 2.45) is 0 Å². The number of nitriles is 1. The molecule has 0 atom stereocenters. The smallest absolute Gasteiger partial charge is 0.324 e. The Morgan fingerprint density at radius 2 is 2.08 bits per heavy atom. The molecule has 0 unspecified atom stereocenters. The number of rotatable bonds is 7. The number of amides is 1. The fourth-order valence-electron chi connectivity index (χ4n) is 4.05. The van der Waals surface area contributed by atoms with Gasteiger partial charge in [-0.05, 0) is 42.5 Å². The van der Waals surface area contributed by atoms with Crippen LogP contribution in [0.2, 0.25) is 0 Å². The van der Waals surface area contributed by atoms with Crippen LogP contribution in [0.3, 0.4) is 0 Å². The molecule has 0 aliphatic heterocycles. The molecule has 4 heterocycles. The maximum absolute atomic E-state index is 13.1. The lowest BCUT2D eigenvalue weighted by molar-refractivity contribution is -0.380. The second-order valence-corrected chi connectivity index (χ2v) is 9.49. The molecule has 0 aliphatic rings. The topological polar surface area (TPSA) is 175 Å². The molecule has 13 nitrogen and oxygen atoms in total. The molecule has 4 aromatic heterocycles. The summed E-state index contributed by atoms with van der Waals surface area (Å²) in [7, 11) is 1.54. The molecule has 196 valence electrons. The first-order chi connectivity index (χ1) is 19.4. The largest absolute Gasteiger partial charge is 0.438 e. The number of benzene rings is 2. The molecular weight excluding hydrogens is 536 g/mol. The molecule has 40 heavy (non-hydrogen) atoms. The molecule has 14 heteroatoms. The van der Waals surface area contributed by atoms with Crippen molar-refractivity contribution in [3.8, 4) is 23.1 Å². The Kier molecular flexibility index (Phi) is 6.19. The summed E-state index contributed by atoms with van der Waals surface area (Å²) in [5.41, 5.74) is 3.11. The van der Waals surface area contributed by atoms with Crippen molar-refractivity contribution in [1.82, 2.24) is 24.7 Å². The zero-order valence-corrected chi connectivity index (χ0v) is 21.4. The van der Waals surface area contributed by atoms with Crippen molar-refractivity contribution in [3.05, 3.63) is 87.2 Å². The highest BCUT2D eigenvalue weighted by molar-refractivity contribution is 7.17. The number of ether oxygens (including phenoxy) is 1. The van der Waals surface area contributed by atoms with Crippen LogP contribution in [-0.2, 0) is 11.3 Å². The predicted molar refractivity (Wildman–Crippen MR) is 144 cm³/mol. The number of aromatic nitrogens is 5. The third kappa shape index (κ3) is 4.51. The molecule has 0 fully saturated rings. The summed E-state index contributed by atoms with van der Waals surface area (Å²) in [5.74, 6) is 0.263. The van der Waals surface area contributed by atoms with Crippen molar-refractivity contribution in [2.75, 3.05) is 12.4 Å². The van der Waals surface area contributed by atoms with E-state index in [0.717, 1.165) is 11.3 Å². The first-order valence-corrected chi connectivity index (χ1v) is 12.5. The average Bonchev–Trinajstić information content (AvgIpc) is 3.71. The fourth-order valence-corrected chi connectivity index (χ4v) is 4.76. The lowest BCUT2D eigenvalue weighted by atomic mass is 10.2. The minimum absolute atomic E-state index is 0.142. The zero-order chi connectivity index (χ0) is 27.8. The Morgan fingerprint density at radius 3 is 2.85 bits per heavy atom. The van der Waals surface area contributed by atoms with Crippen LogP contribution in [0.25, 0.3) is 39.2 Å². The maximum atomic E-state index is 13.1. The molecule has 6 rings (SSSR count). The minimum atomic E-state index is -0.570. The van der Waals surface area contributed by atoms with E-state index in [-0.39, 0.29) is 28.1 Å². The monoisotopic (exact) mass is 552 g/mol. The molecule has 1 N–H and O–H groups in total. The van der Waals surface area contributed by atoms with Gasteiger partial charge >= 0.3 is 5.00 Å². The Balaban J connectivity index is 1.49. The van der Waals surface area contributed by atoms with Crippen molar-refractivity contribution in [1.29, 1.82) is 5.26 Å². The van der Waals surface area contributed by atoms with E-state index in [1.54, 1.807) is 49.6 Å². The molecular formula is C26H16N8O5S. The van der Waals surface area contributed by atoms with Gasteiger partial charge in [-0.2, -0.15) is 10.4 Å². The number of oxazole rings is 1. The van der Waals surface area contributed by atoms with E-state index in [1.807, 2.05) is 0 Å². The number of hydrogen-bond donors (Lipinski definition) is 1. The number of methoxy groups -OCH3 is 1. The lowest BCUT2D eigenvalue weighted by Gasteiger charge is -2.09. The predicted octanol–water partition coefficient (Wildman–Crippen LogP) is 4.86. The van der Waals surface area contributed by atoms with Crippen molar-refractivity contribution < 1.29 is 18.9 Å². The van der Waals surface area contributed by atoms with E-state index >= 15 is 0 Å². The van der Waals surface area contributed by atoms with Gasteiger partial charge in [0, 0.05) is 18.7 Å². The molecule has 0 spiro atoms. The highest BCUT2D eigenvalue weighted by Gasteiger charge is 2.21. The number of anilines is 1. The third-order valence-electron chi connectivity index (χ3n) is 5.83. The van der Waals surface area contributed by atoms with Crippen LogP contribution >= 0.6 is 11.3 Å². The van der Waals surface area contributed by atoms with Crippen LogP contribution in [0.15, 0.2) is 65.2 Å². The third-order valence-corrected chi connectivity index (χ3v) is 6.87. The number of thiophene rings is 1. The zero-order valence-electron chi connectivity index (χ0n) is 20.6. The van der Waals surface area contributed by atoms with Crippen LogP contribution in [-0.4, -0.2) is 42.7 Å². The number of nitro groups is 1. The number of carbonyl (C=O) groups excluding carboxylic acids is 1. The van der Waals surface area contributed by atoms with E-state index in [4.69, 9.17) is 14.1 Å². The van der Waals surface area contributed by atoms with Crippen molar-refractivity contribution in [3.63, 3.8) is 0 Å². The minimum Gasteiger partial charge on any atom is -0.438 e. The highest BCUT2D eigenvalue weighted by atomic mass is 32.1. The van der Waals surface area contributed by atoms with Crippen LogP contribution in [0, 0.1) is 21.4 Å². The number of nitrogens with zero attached hydrogens (tertiary/aromatic N) is 7. The normalized spacial score (nSPS) is 11.1. The summed E-state index contributed by atoms with van der Waals surface area (Å²) in [4.78, 5) is 37.5. The van der Waals surface area contributed by atoms with Crippen LogP contribution in [0.1, 0.15) is 21.1 Å². The van der Waals surface area contributed by atoms with Gasteiger partial charge in [0.15, 0.2) is 17.1 Å². The van der Waals surface area contributed by atoms with Gasteiger partial charge in [-0.3, -0.25) is 14.9 Å².